The largest absolute Gasteiger partial charge is 0.494 e. The summed E-state index contributed by atoms with van der Waals surface area (Å²) in [6, 6.07) is 13.8. The molecule has 0 bridgehead atoms. The molecule has 2 aromatic carbocycles. The summed E-state index contributed by atoms with van der Waals surface area (Å²) in [6.45, 7) is 8.22. The number of nitrogens with zero attached hydrogens (tertiary/aromatic N) is 1. The molecule has 0 aliphatic carbocycles. The van der Waals surface area contributed by atoms with Gasteiger partial charge < -0.3 is 19.9 Å². The molecule has 0 amide bonds. The second-order valence-electron chi connectivity index (χ2n) is 7.87. The van der Waals surface area contributed by atoms with Gasteiger partial charge in [0.25, 0.3) is 5.56 Å². The molecule has 31 heavy (non-hydrogen) atoms. The van der Waals surface area contributed by atoms with Gasteiger partial charge >= 0.3 is 0 Å². The van der Waals surface area contributed by atoms with E-state index in [9.17, 15) is 9.18 Å². The number of thiocarbonyl (C=S) groups is 1. The van der Waals surface area contributed by atoms with Crippen molar-refractivity contribution >= 4 is 28.2 Å². The van der Waals surface area contributed by atoms with Crippen LogP contribution in [0.3, 0.4) is 0 Å². The van der Waals surface area contributed by atoms with Gasteiger partial charge in [-0.05, 0) is 67.0 Å². The van der Waals surface area contributed by atoms with E-state index in [0.717, 1.165) is 28.8 Å². The van der Waals surface area contributed by atoms with E-state index < -0.39 is 0 Å². The molecule has 0 atom stereocenters. The van der Waals surface area contributed by atoms with Crippen molar-refractivity contribution in [2.45, 2.75) is 33.9 Å². The lowest BCUT2D eigenvalue weighted by Gasteiger charge is -2.26. The summed E-state index contributed by atoms with van der Waals surface area (Å²) in [5, 5.41) is 4.72. The fourth-order valence-corrected chi connectivity index (χ4v) is 3.43. The van der Waals surface area contributed by atoms with Crippen LogP contribution in [0.2, 0.25) is 0 Å². The topological polar surface area (TPSA) is 57.4 Å². The molecule has 164 valence electrons. The first-order valence-corrected chi connectivity index (χ1v) is 10.8. The van der Waals surface area contributed by atoms with Crippen LogP contribution in [0, 0.1) is 11.7 Å². The molecule has 3 aromatic rings. The van der Waals surface area contributed by atoms with Gasteiger partial charge in [-0.25, -0.2) is 4.39 Å². The van der Waals surface area contributed by atoms with Crippen LogP contribution >= 0.6 is 12.2 Å². The van der Waals surface area contributed by atoms with Crippen molar-refractivity contribution < 1.29 is 9.13 Å². The summed E-state index contributed by atoms with van der Waals surface area (Å²) in [5.41, 5.74) is 2.10. The summed E-state index contributed by atoms with van der Waals surface area (Å²) in [7, 11) is 0. The molecule has 0 spiro atoms. The van der Waals surface area contributed by atoms with Crippen LogP contribution in [0.15, 0.2) is 53.3 Å². The van der Waals surface area contributed by atoms with E-state index >= 15 is 0 Å². The zero-order valence-corrected chi connectivity index (χ0v) is 18.9. The van der Waals surface area contributed by atoms with Crippen molar-refractivity contribution in [3.05, 3.63) is 75.8 Å². The van der Waals surface area contributed by atoms with E-state index in [2.05, 4.69) is 24.1 Å². The summed E-state index contributed by atoms with van der Waals surface area (Å²) in [6.07, 6.45) is 0. The fraction of sp³-hybridized carbons (Fsp3) is 0.333. The number of H-pyrrole nitrogens is 1. The Hall–Kier alpha value is -2.93. The average Bonchev–Trinajstić information content (AvgIpc) is 2.74. The lowest BCUT2D eigenvalue weighted by Crippen LogP contribution is -2.41. The van der Waals surface area contributed by atoms with E-state index in [0.29, 0.717) is 36.3 Å². The molecule has 0 unspecified atom stereocenters. The number of rotatable bonds is 8. The van der Waals surface area contributed by atoms with Crippen LogP contribution < -0.4 is 15.6 Å². The van der Waals surface area contributed by atoms with E-state index in [1.54, 1.807) is 12.1 Å². The van der Waals surface area contributed by atoms with Gasteiger partial charge in [0.1, 0.15) is 11.6 Å². The molecular formula is C24H28FN3O2S. The van der Waals surface area contributed by atoms with Crippen molar-refractivity contribution in [3.63, 3.8) is 0 Å². The predicted molar refractivity (Wildman–Crippen MR) is 127 cm³/mol. The third-order valence-corrected chi connectivity index (χ3v) is 5.20. The number of halogens is 1. The minimum atomic E-state index is -0.285. The van der Waals surface area contributed by atoms with E-state index in [-0.39, 0.29) is 11.4 Å². The van der Waals surface area contributed by atoms with Crippen LogP contribution in [-0.4, -0.2) is 28.1 Å². The number of ether oxygens (including phenoxy) is 1. The SMILES string of the molecule is CCOc1ccc2[nH]c(=O)c(CN(Cc3ccc(F)cc3)C(=S)NCC(C)C)cc2c1. The molecule has 0 aliphatic heterocycles. The molecule has 3 rings (SSSR count). The molecule has 5 nitrogen and oxygen atoms in total. The Morgan fingerprint density at radius 2 is 1.90 bits per heavy atom. The minimum absolute atomic E-state index is 0.160. The quantitative estimate of drug-likeness (QED) is 0.501. The first kappa shape index (κ1) is 22.7. The highest BCUT2D eigenvalue weighted by molar-refractivity contribution is 7.80. The van der Waals surface area contributed by atoms with Crippen LogP contribution in [-0.2, 0) is 13.1 Å². The van der Waals surface area contributed by atoms with Crippen LogP contribution in [0.4, 0.5) is 4.39 Å². The molecule has 0 saturated heterocycles. The van der Waals surface area contributed by atoms with Crippen molar-refractivity contribution in [2.24, 2.45) is 5.92 Å². The fourth-order valence-electron chi connectivity index (χ4n) is 3.22. The van der Waals surface area contributed by atoms with Gasteiger partial charge in [-0.15, -0.1) is 0 Å². The molecule has 0 aliphatic rings. The highest BCUT2D eigenvalue weighted by atomic mass is 32.1. The van der Waals surface area contributed by atoms with Crippen molar-refractivity contribution in [1.82, 2.24) is 15.2 Å². The third-order valence-electron chi connectivity index (χ3n) is 4.80. The van der Waals surface area contributed by atoms with Gasteiger partial charge in [-0.1, -0.05) is 26.0 Å². The Bertz CT molecular complexity index is 1100. The molecule has 1 heterocycles. The van der Waals surface area contributed by atoms with Gasteiger partial charge in [0.15, 0.2) is 5.11 Å². The zero-order valence-electron chi connectivity index (χ0n) is 18.1. The zero-order chi connectivity index (χ0) is 22.4. The highest BCUT2D eigenvalue weighted by Gasteiger charge is 2.15. The van der Waals surface area contributed by atoms with Crippen molar-refractivity contribution in [1.29, 1.82) is 0 Å². The molecule has 7 heteroatoms. The van der Waals surface area contributed by atoms with Crippen molar-refractivity contribution in [2.75, 3.05) is 13.2 Å². The predicted octanol–water partition coefficient (Wildman–Crippen LogP) is 4.60. The number of benzene rings is 2. The smallest absolute Gasteiger partial charge is 0.253 e. The number of fused-ring (bicyclic) bond motifs is 1. The van der Waals surface area contributed by atoms with Gasteiger partial charge in [0.2, 0.25) is 0 Å². The number of aromatic amines is 1. The summed E-state index contributed by atoms with van der Waals surface area (Å²) < 4.78 is 18.9. The average molecular weight is 442 g/mol. The third kappa shape index (κ3) is 6.28. The highest BCUT2D eigenvalue weighted by Crippen LogP contribution is 2.20. The van der Waals surface area contributed by atoms with E-state index in [1.165, 1.54) is 12.1 Å². The Morgan fingerprint density at radius 1 is 1.16 bits per heavy atom. The van der Waals surface area contributed by atoms with Crippen LogP contribution in [0.1, 0.15) is 31.9 Å². The molecular weight excluding hydrogens is 413 g/mol. The monoisotopic (exact) mass is 441 g/mol. The second kappa shape index (κ2) is 10.4. The Balaban J connectivity index is 1.90. The van der Waals surface area contributed by atoms with Gasteiger partial charge in [0, 0.05) is 29.6 Å². The molecule has 1 aromatic heterocycles. The maximum atomic E-state index is 13.3. The van der Waals surface area contributed by atoms with Gasteiger partial charge in [0.05, 0.1) is 13.2 Å². The molecule has 2 N–H and O–H groups in total. The van der Waals surface area contributed by atoms with E-state index in [4.69, 9.17) is 17.0 Å². The van der Waals surface area contributed by atoms with Crippen molar-refractivity contribution in [3.8, 4) is 5.75 Å². The summed E-state index contributed by atoms with van der Waals surface area (Å²) in [5.74, 6) is 0.892. The lowest BCUT2D eigenvalue weighted by molar-refractivity contribution is 0.340. The van der Waals surface area contributed by atoms with Crippen LogP contribution in [0.25, 0.3) is 10.9 Å². The van der Waals surface area contributed by atoms with E-state index in [1.807, 2.05) is 36.1 Å². The maximum absolute atomic E-state index is 13.3. The number of aromatic nitrogens is 1. The lowest BCUT2D eigenvalue weighted by atomic mass is 10.1. The standard InChI is InChI=1S/C24H28FN3O2S/c1-4-30-21-9-10-22-18(12-21)11-19(23(29)27-22)15-28(24(31)26-13-16(2)3)14-17-5-7-20(25)8-6-17/h5-12,16H,4,13-15H2,1-3H3,(H,26,31)(H,27,29). The normalized spacial score (nSPS) is 11.0. The molecule has 0 radical (unpaired) electrons. The van der Waals surface area contributed by atoms with Crippen LogP contribution in [0.5, 0.6) is 5.75 Å². The first-order valence-electron chi connectivity index (χ1n) is 10.4. The number of hydrogen-bond acceptors (Lipinski definition) is 3. The van der Waals surface area contributed by atoms with Gasteiger partial charge in [-0.2, -0.15) is 0 Å². The minimum Gasteiger partial charge on any atom is -0.494 e. The molecule has 0 fully saturated rings. The number of hydrogen-bond donors (Lipinski definition) is 2. The molecule has 0 saturated carbocycles. The second-order valence-corrected chi connectivity index (χ2v) is 8.25. The Kier molecular flexibility index (Phi) is 7.63. The maximum Gasteiger partial charge on any atom is 0.253 e. The first-order chi connectivity index (χ1) is 14.9. The number of pyridine rings is 1. The summed E-state index contributed by atoms with van der Waals surface area (Å²) >= 11 is 5.62. The van der Waals surface area contributed by atoms with Gasteiger partial charge in [-0.3, -0.25) is 4.79 Å². The summed E-state index contributed by atoms with van der Waals surface area (Å²) in [4.78, 5) is 17.6. The number of nitrogens with one attached hydrogen (secondary N) is 2. The Labute approximate surface area is 187 Å². The Morgan fingerprint density at radius 3 is 2.58 bits per heavy atom.